The first-order valence-electron chi connectivity index (χ1n) is 8.52. The molecule has 2 aromatic carbocycles. The van der Waals surface area contributed by atoms with Gasteiger partial charge in [0, 0.05) is 0 Å². The highest BCUT2D eigenvalue weighted by Gasteiger charge is 2.23. The molecule has 0 saturated carbocycles. The molecule has 154 valence electrons. The van der Waals surface area contributed by atoms with Crippen LogP contribution in [-0.2, 0) is 14.3 Å². The van der Waals surface area contributed by atoms with E-state index in [4.69, 9.17) is 10.6 Å². The molecule has 11 nitrogen and oxygen atoms in total. The van der Waals surface area contributed by atoms with Crippen LogP contribution >= 0.6 is 0 Å². The number of imide groups is 1. The van der Waals surface area contributed by atoms with Gasteiger partial charge in [-0.15, -0.1) is 0 Å². The number of hydrogen-bond donors (Lipinski definition) is 3. The summed E-state index contributed by atoms with van der Waals surface area (Å²) in [5.74, 6) is 2.47. The van der Waals surface area contributed by atoms with Gasteiger partial charge in [0.2, 0.25) is 6.29 Å². The summed E-state index contributed by atoms with van der Waals surface area (Å²) in [5, 5.41) is 11.5. The van der Waals surface area contributed by atoms with E-state index in [1.807, 2.05) is 0 Å². The molecule has 1 unspecified atom stereocenters. The number of hydrogen-bond acceptors (Lipinski definition) is 9. The summed E-state index contributed by atoms with van der Waals surface area (Å²) >= 11 is 0. The van der Waals surface area contributed by atoms with Gasteiger partial charge in [-0.25, -0.2) is 14.5 Å². The van der Waals surface area contributed by atoms with Gasteiger partial charge in [0.1, 0.15) is 0 Å². The van der Waals surface area contributed by atoms with Gasteiger partial charge in [-0.1, -0.05) is 30.3 Å². The molecule has 30 heavy (non-hydrogen) atoms. The number of esters is 1. The van der Waals surface area contributed by atoms with Crippen LogP contribution in [0.1, 0.15) is 20.8 Å². The summed E-state index contributed by atoms with van der Waals surface area (Å²) < 4.78 is 10.1. The molecule has 0 bridgehead atoms. The van der Waals surface area contributed by atoms with Crippen molar-refractivity contribution in [1.82, 2.24) is 15.0 Å². The van der Waals surface area contributed by atoms with E-state index >= 15 is 0 Å². The average Bonchev–Trinajstić information content (AvgIpc) is 2.76. The number of ether oxygens (including phenoxy) is 2. The first-order chi connectivity index (χ1) is 14.4. The van der Waals surface area contributed by atoms with Gasteiger partial charge in [0.05, 0.1) is 16.6 Å². The lowest BCUT2D eigenvalue weighted by molar-refractivity contribution is -0.174. The van der Waals surface area contributed by atoms with E-state index in [-0.39, 0.29) is 16.6 Å². The summed E-state index contributed by atoms with van der Waals surface area (Å²) in [6.45, 7) is -0.750. The van der Waals surface area contributed by atoms with Crippen LogP contribution in [-0.4, -0.2) is 45.6 Å². The molecule has 2 amide bonds. The number of benzene rings is 2. The lowest BCUT2D eigenvalue weighted by atomic mass is 10.2. The number of nitrogens with two attached hydrogens (primary N) is 1. The first-order valence-corrected chi connectivity index (χ1v) is 8.52. The molecule has 0 saturated heterocycles. The Morgan fingerprint density at radius 1 is 1.10 bits per heavy atom. The zero-order valence-electron chi connectivity index (χ0n) is 15.3. The maximum atomic E-state index is 12.2. The summed E-state index contributed by atoms with van der Waals surface area (Å²) in [5.41, 5.74) is -0.801. The van der Waals surface area contributed by atoms with Gasteiger partial charge in [-0.3, -0.25) is 19.7 Å². The molecule has 1 heterocycles. The van der Waals surface area contributed by atoms with E-state index in [2.05, 4.69) is 9.72 Å². The molecule has 0 aliphatic rings. The summed E-state index contributed by atoms with van der Waals surface area (Å²) in [4.78, 5) is 52.0. The minimum atomic E-state index is -2.14. The minimum Gasteiger partial charge on any atom is -0.435 e. The molecule has 4 N–H and O–H groups in total. The van der Waals surface area contributed by atoms with Gasteiger partial charge in [0.25, 0.3) is 11.8 Å². The quantitative estimate of drug-likeness (QED) is 0.275. The molecule has 1 atom stereocenters. The average molecular weight is 412 g/mol. The maximum absolute atomic E-state index is 12.2. The Hall–Kier alpha value is -4.09. The third-order valence-corrected chi connectivity index (χ3v) is 3.90. The molecule has 3 rings (SSSR count). The van der Waals surface area contributed by atoms with Crippen molar-refractivity contribution in [3.05, 3.63) is 76.2 Å². The van der Waals surface area contributed by atoms with E-state index in [1.165, 1.54) is 24.3 Å². The van der Waals surface area contributed by atoms with Crippen molar-refractivity contribution in [2.24, 2.45) is 0 Å². The number of carbonyl (C=O) groups is 3. The highest BCUT2D eigenvalue weighted by Crippen LogP contribution is 2.07. The zero-order chi connectivity index (χ0) is 21.7. The molecular formula is C19H16N4O7. The molecule has 0 radical (unpaired) electrons. The lowest BCUT2D eigenvalue weighted by Gasteiger charge is -2.12. The van der Waals surface area contributed by atoms with Crippen LogP contribution in [0.15, 0.2) is 59.4 Å². The molecule has 0 aliphatic heterocycles. The molecule has 11 heteroatoms. The normalized spacial score (nSPS) is 11.6. The van der Waals surface area contributed by atoms with Crippen molar-refractivity contribution in [2.75, 3.05) is 12.6 Å². The monoisotopic (exact) mass is 412 g/mol. The smallest absolute Gasteiger partial charge is 0.340 e. The van der Waals surface area contributed by atoms with Crippen LogP contribution in [0.3, 0.4) is 0 Å². The Morgan fingerprint density at radius 2 is 1.77 bits per heavy atom. The Morgan fingerprint density at radius 3 is 2.50 bits per heavy atom. The molecule has 0 aliphatic carbocycles. The Labute approximate surface area is 168 Å². The van der Waals surface area contributed by atoms with Crippen LogP contribution in [0.4, 0.5) is 0 Å². The van der Waals surface area contributed by atoms with Gasteiger partial charge < -0.3 is 20.4 Å². The van der Waals surface area contributed by atoms with Crippen LogP contribution < -0.4 is 16.7 Å². The second-order valence-electron chi connectivity index (χ2n) is 5.88. The predicted molar refractivity (Wildman–Crippen MR) is 102 cm³/mol. The summed E-state index contributed by atoms with van der Waals surface area (Å²) in [7, 11) is 0. The SMILES string of the molecule is Nn1c(=O)c(C(=O)NC(=O)C(O)OCOC(=O)c2ccccc2)nc2ccccc21. The second-order valence-corrected chi connectivity index (χ2v) is 5.88. The van der Waals surface area contributed by atoms with Crippen molar-refractivity contribution in [2.45, 2.75) is 6.29 Å². The van der Waals surface area contributed by atoms with E-state index in [0.717, 1.165) is 4.68 Å². The number of carbonyl (C=O) groups excluding carboxylic acids is 3. The zero-order valence-corrected chi connectivity index (χ0v) is 15.3. The second kappa shape index (κ2) is 8.94. The van der Waals surface area contributed by atoms with Crippen molar-refractivity contribution in [3.63, 3.8) is 0 Å². The molecular weight excluding hydrogens is 396 g/mol. The number of para-hydroxylation sites is 2. The predicted octanol–water partition coefficient (Wildman–Crippen LogP) is -0.484. The van der Waals surface area contributed by atoms with Crippen molar-refractivity contribution in [3.8, 4) is 0 Å². The lowest BCUT2D eigenvalue weighted by Crippen LogP contribution is -2.44. The minimum absolute atomic E-state index is 0.246. The van der Waals surface area contributed by atoms with Gasteiger partial charge >= 0.3 is 11.5 Å². The fourth-order valence-corrected chi connectivity index (χ4v) is 2.42. The number of amides is 2. The number of nitrogens with one attached hydrogen (secondary N) is 1. The van der Waals surface area contributed by atoms with Crippen LogP contribution in [0, 0.1) is 0 Å². The Bertz CT molecular complexity index is 1160. The van der Waals surface area contributed by atoms with Gasteiger partial charge in [-0.05, 0) is 24.3 Å². The van der Waals surface area contributed by atoms with E-state index in [1.54, 1.807) is 35.6 Å². The third-order valence-electron chi connectivity index (χ3n) is 3.90. The molecule has 3 aromatic rings. The van der Waals surface area contributed by atoms with Gasteiger partial charge in [0.15, 0.2) is 12.5 Å². The topological polar surface area (TPSA) is 163 Å². The number of nitrogen functional groups attached to an aromatic ring is 1. The van der Waals surface area contributed by atoms with E-state index < -0.39 is 42.1 Å². The fraction of sp³-hybridized carbons (Fsp3) is 0.105. The highest BCUT2D eigenvalue weighted by atomic mass is 16.7. The Kier molecular flexibility index (Phi) is 6.15. The van der Waals surface area contributed by atoms with E-state index in [0.29, 0.717) is 0 Å². The molecule has 0 fully saturated rings. The van der Waals surface area contributed by atoms with Crippen LogP contribution in [0.25, 0.3) is 11.0 Å². The standard InChI is InChI=1S/C19H16N4O7/c20-23-13-9-5-4-8-12(13)21-14(17(23)26)15(24)22-16(25)19(28)30-10-29-18(27)11-6-2-1-3-7-11/h1-9,19,28H,10,20H2,(H,22,24,25). The van der Waals surface area contributed by atoms with Gasteiger partial charge in [-0.2, -0.15) is 0 Å². The van der Waals surface area contributed by atoms with Crippen molar-refractivity contribution >= 4 is 28.8 Å². The molecule has 0 spiro atoms. The van der Waals surface area contributed by atoms with E-state index in [9.17, 15) is 24.3 Å². The third kappa shape index (κ3) is 4.48. The number of fused-ring (bicyclic) bond motifs is 1. The number of rotatable bonds is 6. The summed E-state index contributed by atoms with van der Waals surface area (Å²) in [6.07, 6.45) is -2.14. The first kappa shape index (κ1) is 20.6. The molecule has 1 aromatic heterocycles. The number of aromatic nitrogens is 2. The van der Waals surface area contributed by atoms with Crippen LogP contribution in [0.5, 0.6) is 0 Å². The largest absolute Gasteiger partial charge is 0.435 e. The Balaban J connectivity index is 1.59. The highest BCUT2D eigenvalue weighted by molar-refractivity contribution is 6.04. The number of aliphatic hydroxyl groups is 1. The van der Waals surface area contributed by atoms with Crippen molar-refractivity contribution < 1.29 is 29.0 Å². The number of nitrogens with zero attached hydrogens (tertiary/aromatic N) is 2. The van der Waals surface area contributed by atoms with Crippen LogP contribution in [0.2, 0.25) is 0 Å². The number of aliphatic hydroxyl groups excluding tert-OH is 1. The van der Waals surface area contributed by atoms with Crippen molar-refractivity contribution in [1.29, 1.82) is 0 Å². The fourth-order valence-electron chi connectivity index (χ4n) is 2.42. The summed E-state index contributed by atoms with van der Waals surface area (Å²) in [6, 6.07) is 14.3. The maximum Gasteiger partial charge on any atom is 0.340 e.